The molecule has 0 spiro atoms. The lowest BCUT2D eigenvalue weighted by Gasteiger charge is -2.12. The van der Waals surface area contributed by atoms with Gasteiger partial charge in [-0.2, -0.15) is 15.3 Å². The number of benzene rings is 1. The van der Waals surface area contributed by atoms with E-state index in [1.54, 1.807) is 0 Å². The van der Waals surface area contributed by atoms with Gasteiger partial charge in [-0.05, 0) is 12.1 Å². The quantitative estimate of drug-likeness (QED) is 0.434. The SMILES string of the molecule is C.C=NN(N=C)c1cc(F)ccc1C=O. The zero-order chi connectivity index (χ0) is 10.6. The second-order valence-corrected chi connectivity index (χ2v) is 2.39. The van der Waals surface area contributed by atoms with Gasteiger partial charge >= 0.3 is 0 Å². The van der Waals surface area contributed by atoms with Gasteiger partial charge in [-0.15, -0.1) is 0 Å². The number of nitrogens with zero attached hydrogens (tertiary/aromatic N) is 3. The van der Waals surface area contributed by atoms with Crippen LogP contribution in [0.2, 0.25) is 0 Å². The van der Waals surface area contributed by atoms with E-state index in [0.717, 1.165) is 11.2 Å². The van der Waals surface area contributed by atoms with Crippen LogP contribution in [0.5, 0.6) is 0 Å². The second kappa shape index (κ2) is 5.64. The van der Waals surface area contributed by atoms with E-state index in [-0.39, 0.29) is 18.7 Å². The van der Waals surface area contributed by atoms with Crippen LogP contribution in [0.1, 0.15) is 17.8 Å². The molecule has 0 atom stereocenters. The molecule has 0 saturated heterocycles. The molecule has 1 rings (SSSR count). The molecular formula is C10H12FN3O. The maximum atomic E-state index is 12.8. The Bertz CT molecular complexity index is 371. The number of rotatable bonds is 4. The van der Waals surface area contributed by atoms with Gasteiger partial charge in [0.25, 0.3) is 0 Å². The molecule has 80 valence electrons. The third kappa shape index (κ3) is 2.70. The predicted octanol–water partition coefficient (Wildman–Crippen LogP) is 2.31. The largest absolute Gasteiger partial charge is 0.298 e. The Balaban J connectivity index is 0.00000196. The van der Waals surface area contributed by atoms with Crippen molar-refractivity contribution in [3.63, 3.8) is 0 Å². The fourth-order valence-corrected chi connectivity index (χ4v) is 0.987. The Labute approximate surface area is 87.7 Å². The Morgan fingerprint density at radius 1 is 1.33 bits per heavy atom. The van der Waals surface area contributed by atoms with Crippen molar-refractivity contribution in [2.75, 3.05) is 5.12 Å². The van der Waals surface area contributed by atoms with E-state index < -0.39 is 5.82 Å². The van der Waals surface area contributed by atoms with Gasteiger partial charge in [0, 0.05) is 25.1 Å². The topological polar surface area (TPSA) is 45.0 Å². The second-order valence-electron chi connectivity index (χ2n) is 2.39. The molecule has 0 radical (unpaired) electrons. The molecule has 0 saturated carbocycles. The summed E-state index contributed by atoms with van der Waals surface area (Å²) in [6.45, 7) is 6.43. The molecule has 0 heterocycles. The van der Waals surface area contributed by atoms with Crippen LogP contribution >= 0.6 is 0 Å². The van der Waals surface area contributed by atoms with Crippen LogP contribution in [-0.4, -0.2) is 19.7 Å². The summed E-state index contributed by atoms with van der Waals surface area (Å²) >= 11 is 0. The van der Waals surface area contributed by atoms with E-state index in [1.165, 1.54) is 12.1 Å². The molecule has 0 N–H and O–H groups in total. The van der Waals surface area contributed by atoms with Gasteiger partial charge in [-0.1, -0.05) is 7.43 Å². The molecule has 1 aromatic carbocycles. The predicted molar refractivity (Wildman–Crippen MR) is 60.1 cm³/mol. The number of anilines is 1. The highest BCUT2D eigenvalue weighted by Crippen LogP contribution is 2.20. The molecule has 0 unspecified atom stereocenters. The molecule has 0 aliphatic carbocycles. The van der Waals surface area contributed by atoms with Crippen LogP contribution in [0.15, 0.2) is 28.4 Å². The fourth-order valence-electron chi connectivity index (χ4n) is 0.987. The van der Waals surface area contributed by atoms with Crippen molar-refractivity contribution in [2.24, 2.45) is 10.2 Å². The number of aldehydes is 1. The molecule has 1 aromatic rings. The highest BCUT2D eigenvalue weighted by molar-refractivity contribution is 5.84. The van der Waals surface area contributed by atoms with Gasteiger partial charge in [0.1, 0.15) is 5.82 Å². The third-order valence-electron chi connectivity index (χ3n) is 1.60. The Morgan fingerprint density at radius 3 is 2.40 bits per heavy atom. The number of hydrogen-bond acceptors (Lipinski definition) is 4. The lowest BCUT2D eigenvalue weighted by atomic mass is 10.2. The lowest BCUT2D eigenvalue weighted by molar-refractivity contribution is 0.112. The average Bonchev–Trinajstić information content (AvgIpc) is 2.20. The highest BCUT2D eigenvalue weighted by Gasteiger charge is 2.09. The summed E-state index contributed by atoms with van der Waals surface area (Å²) in [6.07, 6.45) is 0.581. The molecule has 15 heavy (non-hydrogen) atoms. The molecule has 4 nitrogen and oxygen atoms in total. The maximum absolute atomic E-state index is 12.8. The van der Waals surface area contributed by atoms with Crippen molar-refractivity contribution in [3.05, 3.63) is 29.6 Å². The van der Waals surface area contributed by atoms with Gasteiger partial charge < -0.3 is 0 Å². The minimum atomic E-state index is -0.483. The maximum Gasteiger partial charge on any atom is 0.152 e. The molecule has 0 aliphatic rings. The van der Waals surface area contributed by atoms with Crippen LogP contribution in [0, 0.1) is 5.82 Å². The van der Waals surface area contributed by atoms with Gasteiger partial charge in [0.15, 0.2) is 6.29 Å². The minimum absolute atomic E-state index is 0. The van der Waals surface area contributed by atoms with Gasteiger partial charge in [-0.3, -0.25) is 4.79 Å². The Morgan fingerprint density at radius 2 is 1.93 bits per heavy atom. The Hall–Kier alpha value is -2.04. The molecule has 0 aliphatic heterocycles. The van der Waals surface area contributed by atoms with E-state index in [1.807, 2.05) is 0 Å². The van der Waals surface area contributed by atoms with Crippen molar-refractivity contribution >= 4 is 25.4 Å². The summed E-state index contributed by atoms with van der Waals surface area (Å²) in [5, 5.41) is 7.89. The monoisotopic (exact) mass is 209 g/mol. The van der Waals surface area contributed by atoms with E-state index in [0.29, 0.717) is 6.29 Å². The van der Waals surface area contributed by atoms with E-state index in [2.05, 4.69) is 23.6 Å². The summed E-state index contributed by atoms with van der Waals surface area (Å²) < 4.78 is 12.8. The van der Waals surface area contributed by atoms with Crippen LogP contribution in [0.4, 0.5) is 10.1 Å². The van der Waals surface area contributed by atoms with Crippen molar-refractivity contribution in [3.8, 4) is 0 Å². The van der Waals surface area contributed by atoms with Crippen molar-refractivity contribution in [1.82, 2.24) is 0 Å². The summed E-state index contributed by atoms with van der Waals surface area (Å²) in [6, 6.07) is 3.64. The first-order chi connectivity index (χ1) is 6.72. The van der Waals surface area contributed by atoms with Crippen molar-refractivity contribution in [1.29, 1.82) is 0 Å². The van der Waals surface area contributed by atoms with Crippen LogP contribution < -0.4 is 5.12 Å². The number of carbonyl (C=O) groups excluding carboxylic acids is 1. The van der Waals surface area contributed by atoms with Gasteiger partial charge in [-0.25, -0.2) is 4.39 Å². The summed E-state index contributed by atoms with van der Waals surface area (Å²) in [7, 11) is 0. The number of hydrogen-bond donors (Lipinski definition) is 0. The van der Waals surface area contributed by atoms with E-state index in [4.69, 9.17) is 0 Å². The van der Waals surface area contributed by atoms with Gasteiger partial charge in [0.2, 0.25) is 0 Å². The minimum Gasteiger partial charge on any atom is -0.298 e. The normalized spacial score (nSPS) is 8.60. The first kappa shape index (κ1) is 13.0. The highest BCUT2D eigenvalue weighted by atomic mass is 19.1. The summed E-state index contributed by atoms with van der Waals surface area (Å²) in [5.74, 6) is -0.483. The van der Waals surface area contributed by atoms with E-state index >= 15 is 0 Å². The smallest absolute Gasteiger partial charge is 0.152 e. The molecule has 5 heteroatoms. The van der Waals surface area contributed by atoms with Crippen LogP contribution in [0.3, 0.4) is 0 Å². The molecule has 0 bridgehead atoms. The fraction of sp³-hybridized carbons (Fsp3) is 0.100. The zero-order valence-corrected chi connectivity index (χ0v) is 7.35. The molecular weight excluding hydrogens is 197 g/mol. The first-order valence-electron chi connectivity index (χ1n) is 3.71. The number of hydrazone groups is 2. The van der Waals surface area contributed by atoms with Crippen LogP contribution in [0.25, 0.3) is 0 Å². The van der Waals surface area contributed by atoms with Crippen molar-refractivity contribution < 1.29 is 9.18 Å². The Kier molecular flexibility index (Phi) is 4.87. The average molecular weight is 209 g/mol. The lowest BCUT2D eigenvalue weighted by Crippen LogP contribution is -2.08. The van der Waals surface area contributed by atoms with Crippen LogP contribution in [-0.2, 0) is 0 Å². The standard InChI is InChI=1S/C9H8FN3O.CH4/c1-11-13(12-2)9-5-8(10)4-3-7(9)6-14;/h3-6H,1-2H2;1H4. The summed E-state index contributed by atoms with van der Waals surface area (Å²) in [5.41, 5.74) is 0.483. The molecule has 0 aromatic heterocycles. The third-order valence-corrected chi connectivity index (χ3v) is 1.60. The first-order valence-corrected chi connectivity index (χ1v) is 3.71. The summed E-state index contributed by atoms with van der Waals surface area (Å²) in [4.78, 5) is 10.6. The van der Waals surface area contributed by atoms with Gasteiger partial charge in [0.05, 0.1) is 5.69 Å². The molecule has 0 fully saturated rings. The van der Waals surface area contributed by atoms with Crippen molar-refractivity contribution in [2.45, 2.75) is 7.43 Å². The zero-order valence-electron chi connectivity index (χ0n) is 7.35. The molecule has 0 amide bonds. The van der Waals surface area contributed by atoms with E-state index in [9.17, 15) is 9.18 Å². The number of halogens is 1. The number of carbonyl (C=O) groups is 1.